The number of ether oxygens (including phenoxy) is 1. The van der Waals surface area contributed by atoms with Gasteiger partial charge in [0.25, 0.3) is 5.91 Å². The minimum atomic E-state index is -0.380. The van der Waals surface area contributed by atoms with Crippen molar-refractivity contribution in [1.82, 2.24) is 9.80 Å². The Labute approximate surface area is 215 Å². The lowest BCUT2D eigenvalue weighted by Gasteiger charge is -2.27. The third-order valence-corrected chi connectivity index (χ3v) is 6.05. The van der Waals surface area contributed by atoms with Gasteiger partial charge in [0.2, 0.25) is 5.91 Å². The first kappa shape index (κ1) is 25.9. The molecule has 0 radical (unpaired) electrons. The Hall–Kier alpha value is -4.17. The number of aryl methyl sites for hydroxylation is 1. The van der Waals surface area contributed by atoms with Crippen LogP contribution in [0.2, 0.25) is 0 Å². The fourth-order valence-corrected chi connectivity index (χ4v) is 4.11. The molecule has 2 amide bonds. The SMILES string of the molecule is COCCCN(CC(=O)N(Cc1ccccc1)Cc1coc2ccc(C)cc2c1=O)C(=O)c1ccco1. The second-order valence-corrected chi connectivity index (χ2v) is 8.88. The maximum atomic E-state index is 13.6. The number of rotatable bonds is 11. The molecule has 8 heteroatoms. The number of fused-ring (bicyclic) bond motifs is 1. The molecule has 8 nitrogen and oxygen atoms in total. The molecule has 4 aromatic rings. The molecule has 0 aliphatic heterocycles. The molecule has 192 valence electrons. The van der Waals surface area contributed by atoms with Crippen LogP contribution in [-0.4, -0.2) is 48.4 Å². The van der Waals surface area contributed by atoms with Gasteiger partial charge in [-0.3, -0.25) is 14.4 Å². The molecular weight excluding hydrogens is 472 g/mol. The Morgan fingerprint density at radius 1 is 0.946 bits per heavy atom. The van der Waals surface area contributed by atoms with E-state index >= 15 is 0 Å². The fraction of sp³-hybridized carbons (Fsp3) is 0.276. The summed E-state index contributed by atoms with van der Waals surface area (Å²) in [5.41, 5.74) is 2.52. The lowest BCUT2D eigenvalue weighted by Crippen LogP contribution is -2.43. The van der Waals surface area contributed by atoms with Crippen molar-refractivity contribution in [2.75, 3.05) is 26.8 Å². The highest BCUT2D eigenvalue weighted by Gasteiger charge is 2.25. The molecule has 0 spiro atoms. The second-order valence-electron chi connectivity index (χ2n) is 8.88. The van der Waals surface area contributed by atoms with Crippen molar-refractivity contribution < 1.29 is 23.2 Å². The van der Waals surface area contributed by atoms with Crippen LogP contribution in [0.4, 0.5) is 0 Å². The molecule has 0 saturated heterocycles. The minimum Gasteiger partial charge on any atom is -0.464 e. The predicted octanol–water partition coefficient (Wildman–Crippen LogP) is 4.40. The highest BCUT2D eigenvalue weighted by molar-refractivity contribution is 5.94. The van der Waals surface area contributed by atoms with Gasteiger partial charge < -0.3 is 23.4 Å². The molecule has 37 heavy (non-hydrogen) atoms. The third kappa shape index (κ3) is 6.54. The molecule has 0 fully saturated rings. The number of nitrogens with zero attached hydrogens (tertiary/aromatic N) is 2. The van der Waals surface area contributed by atoms with E-state index in [1.807, 2.05) is 43.3 Å². The quantitative estimate of drug-likeness (QED) is 0.282. The van der Waals surface area contributed by atoms with Crippen LogP contribution < -0.4 is 5.43 Å². The molecule has 0 bridgehead atoms. The van der Waals surface area contributed by atoms with Gasteiger partial charge in [0.05, 0.1) is 30.0 Å². The number of methoxy groups -OCH3 is 1. The minimum absolute atomic E-state index is 0.0425. The van der Waals surface area contributed by atoms with E-state index in [9.17, 15) is 14.4 Å². The Morgan fingerprint density at radius 3 is 2.49 bits per heavy atom. The smallest absolute Gasteiger partial charge is 0.290 e. The molecule has 0 N–H and O–H groups in total. The van der Waals surface area contributed by atoms with Crippen LogP contribution in [0, 0.1) is 6.92 Å². The average Bonchev–Trinajstić information content (AvgIpc) is 3.45. The zero-order chi connectivity index (χ0) is 26.2. The summed E-state index contributed by atoms with van der Waals surface area (Å²) in [4.78, 5) is 43.0. The number of hydrogen-bond donors (Lipinski definition) is 0. The van der Waals surface area contributed by atoms with Crippen molar-refractivity contribution in [2.45, 2.75) is 26.4 Å². The van der Waals surface area contributed by atoms with Crippen LogP contribution in [0.3, 0.4) is 0 Å². The van der Waals surface area contributed by atoms with Gasteiger partial charge in [0.1, 0.15) is 12.1 Å². The third-order valence-electron chi connectivity index (χ3n) is 6.05. The van der Waals surface area contributed by atoms with Crippen molar-refractivity contribution in [3.63, 3.8) is 0 Å². The van der Waals surface area contributed by atoms with E-state index in [4.69, 9.17) is 13.6 Å². The standard InChI is InChI=1S/C29H30N2O6/c1-21-11-12-25-24(16-21)28(33)23(20-37-25)18-31(17-22-8-4-3-5-9-22)27(32)19-30(13-7-14-35-2)29(34)26-10-6-15-36-26/h3-6,8-12,15-16,20H,7,13-14,17-19H2,1-2H3. The van der Waals surface area contributed by atoms with Crippen LogP contribution >= 0.6 is 0 Å². The number of amides is 2. The van der Waals surface area contributed by atoms with Gasteiger partial charge >= 0.3 is 0 Å². The topological polar surface area (TPSA) is 93.2 Å². The van der Waals surface area contributed by atoms with Crippen molar-refractivity contribution >= 4 is 22.8 Å². The summed E-state index contributed by atoms with van der Waals surface area (Å²) in [5, 5.41) is 0.471. The molecule has 4 rings (SSSR count). The average molecular weight is 503 g/mol. The van der Waals surface area contributed by atoms with Gasteiger partial charge in [-0.05, 0) is 43.2 Å². The van der Waals surface area contributed by atoms with E-state index in [0.29, 0.717) is 36.1 Å². The number of hydrogen-bond acceptors (Lipinski definition) is 6. The molecule has 0 aliphatic rings. The van der Waals surface area contributed by atoms with Crippen molar-refractivity contribution in [3.05, 3.63) is 106 Å². The van der Waals surface area contributed by atoms with Crippen molar-refractivity contribution in [2.24, 2.45) is 0 Å². The molecule has 0 atom stereocenters. The highest BCUT2D eigenvalue weighted by atomic mass is 16.5. The van der Waals surface area contributed by atoms with Gasteiger partial charge in [0.15, 0.2) is 11.2 Å². The summed E-state index contributed by atoms with van der Waals surface area (Å²) in [6.07, 6.45) is 3.39. The first-order valence-electron chi connectivity index (χ1n) is 12.1. The van der Waals surface area contributed by atoms with Crippen LogP contribution in [-0.2, 0) is 22.6 Å². The lowest BCUT2D eigenvalue weighted by atomic mass is 10.1. The van der Waals surface area contributed by atoms with Gasteiger partial charge in [0, 0.05) is 26.8 Å². The van der Waals surface area contributed by atoms with Gasteiger partial charge in [-0.25, -0.2) is 0 Å². The molecule has 2 heterocycles. The summed E-state index contributed by atoms with van der Waals surface area (Å²) in [6, 6.07) is 18.1. The van der Waals surface area contributed by atoms with Crippen molar-refractivity contribution in [1.29, 1.82) is 0 Å². The predicted molar refractivity (Wildman–Crippen MR) is 139 cm³/mol. The maximum absolute atomic E-state index is 13.6. The number of carbonyl (C=O) groups is 2. The van der Waals surface area contributed by atoms with Crippen LogP contribution in [0.5, 0.6) is 0 Å². The van der Waals surface area contributed by atoms with E-state index in [0.717, 1.165) is 11.1 Å². The van der Waals surface area contributed by atoms with Gasteiger partial charge in [-0.1, -0.05) is 42.0 Å². The largest absolute Gasteiger partial charge is 0.464 e. The van der Waals surface area contributed by atoms with Crippen LogP contribution in [0.15, 0.2) is 86.8 Å². The first-order valence-corrected chi connectivity index (χ1v) is 12.1. The summed E-state index contributed by atoms with van der Waals surface area (Å²) in [7, 11) is 1.59. The molecule has 0 aliphatic carbocycles. The summed E-state index contributed by atoms with van der Waals surface area (Å²) < 4.78 is 16.1. The Bertz CT molecular complexity index is 1400. The molecule has 2 aromatic carbocycles. The first-order chi connectivity index (χ1) is 18.0. The van der Waals surface area contributed by atoms with Gasteiger partial charge in [-0.2, -0.15) is 0 Å². The van der Waals surface area contributed by atoms with Crippen LogP contribution in [0.25, 0.3) is 11.0 Å². The number of furan rings is 1. The molecular formula is C29H30N2O6. The van der Waals surface area contributed by atoms with Gasteiger partial charge in [-0.15, -0.1) is 0 Å². The van der Waals surface area contributed by atoms with E-state index < -0.39 is 0 Å². The molecule has 0 unspecified atom stereocenters. The normalized spacial score (nSPS) is 11.0. The maximum Gasteiger partial charge on any atom is 0.290 e. The summed E-state index contributed by atoms with van der Waals surface area (Å²) >= 11 is 0. The lowest BCUT2D eigenvalue weighted by molar-refractivity contribution is -0.133. The Balaban J connectivity index is 1.61. The molecule has 2 aromatic heterocycles. The highest BCUT2D eigenvalue weighted by Crippen LogP contribution is 2.16. The zero-order valence-corrected chi connectivity index (χ0v) is 21.0. The van der Waals surface area contributed by atoms with E-state index in [-0.39, 0.29) is 42.6 Å². The summed E-state index contributed by atoms with van der Waals surface area (Å²) in [5.74, 6) is -0.523. The zero-order valence-electron chi connectivity index (χ0n) is 21.0. The number of benzene rings is 2. The van der Waals surface area contributed by atoms with E-state index in [2.05, 4.69) is 0 Å². The number of carbonyl (C=O) groups excluding carboxylic acids is 2. The van der Waals surface area contributed by atoms with E-state index in [1.54, 1.807) is 36.3 Å². The van der Waals surface area contributed by atoms with Crippen molar-refractivity contribution in [3.8, 4) is 0 Å². The van der Waals surface area contributed by atoms with E-state index in [1.165, 1.54) is 17.4 Å². The Kier molecular flexibility index (Phi) is 8.53. The molecule has 0 saturated carbocycles. The summed E-state index contributed by atoms with van der Waals surface area (Å²) in [6.45, 7) is 2.81. The van der Waals surface area contributed by atoms with Crippen LogP contribution in [0.1, 0.15) is 33.7 Å². The Morgan fingerprint density at radius 2 is 1.76 bits per heavy atom. The second kappa shape index (κ2) is 12.2. The fourth-order valence-electron chi connectivity index (χ4n) is 4.11. The monoisotopic (exact) mass is 502 g/mol.